The van der Waals surface area contributed by atoms with E-state index in [1.807, 2.05) is 13.0 Å². The Morgan fingerprint density at radius 3 is 2.67 bits per heavy atom. The molecule has 3 N–H and O–H groups in total. The average Bonchev–Trinajstić information content (AvgIpc) is 2.50. The summed E-state index contributed by atoms with van der Waals surface area (Å²) in [7, 11) is 0. The van der Waals surface area contributed by atoms with Crippen molar-refractivity contribution in [2.24, 2.45) is 5.73 Å². The van der Waals surface area contributed by atoms with E-state index in [1.165, 1.54) is 0 Å². The van der Waals surface area contributed by atoms with E-state index in [9.17, 15) is 0 Å². The van der Waals surface area contributed by atoms with Crippen molar-refractivity contribution in [1.29, 1.82) is 0 Å². The van der Waals surface area contributed by atoms with Gasteiger partial charge in [-0.05, 0) is 12.1 Å². The van der Waals surface area contributed by atoms with Gasteiger partial charge >= 0.3 is 0 Å². The number of nitrogens with two attached hydrogens (primary N) is 1. The van der Waals surface area contributed by atoms with E-state index in [-0.39, 0.29) is 25.1 Å². The Bertz CT molecular complexity index is 225. The van der Waals surface area contributed by atoms with Gasteiger partial charge in [0.2, 0.25) is 0 Å². The van der Waals surface area contributed by atoms with E-state index in [1.54, 1.807) is 6.07 Å². The molecule has 0 saturated carbocycles. The predicted octanol–water partition coefficient (Wildman–Crippen LogP) is 1.26. The maximum absolute atomic E-state index is 8.69. The van der Waals surface area contributed by atoms with Crippen LogP contribution in [0.4, 0.5) is 0 Å². The zero-order valence-electron chi connectivity index (χ0n) is 6.99. The Morgan fingerprint density at radius 2 is 2.25 bits per heavy atom. The minimum atomic E-state index is -0.379. The zero-order valence-corrected chi connectivity index (χ0v) is 7.80. The number of aliphatic hydroxyl groups is 1. The van der Waals surface area contributed by atoms with Gasteiger partial charge in [0, 0.05) is 6.42 Å². The number of furan rings is 1. The Labute approximate surface area is 78.0 Å². The fraction of sp³-hybridized carbons (Fsp3) is 0.500. The van der Waals surface area contributed by atoms with Gasteiger partial charge in [-0.25, -0.2) is 0 Å². The molecule has 1 aromatic rings. The number of rotatable bonds is 3. The molecule has 0 spiro atoms. The minimum absolute atomic E-state index is 0. The lowest BCUT2D eigenvalue weighted by molar-refractivity contribution is 0.250. The normalized spacial score (nSPS) is 12.2. The molecule has 70 valence electrons. The summed E-state index contributed by atoms with van der Waals surface area (Å²) >= 11 is 0. The van der Waals surface area contributed by atoms with Crippen LogP contribution in [0, 0.1) is 0 Å². The first-order chi connectivity index (χ1) is 5.27. The van der Waals surface area contributed by atoms with Crippen molar-refractivity contribution in [3.05, 3.63) is 23.7 Å². The molecule has 12 heavy (non-hydrogen) atoms. The van der Waals surface area contributed by atoms with Crippen molar-refractivity contribution in [2.45, 2.75) is 19.4 Å². The molecule has 0 unspecified atom stereocenters. The quantitative estimate of drug-likeness (QED) is 0.756. The lowest BCUT2D eigenvalue weighted by Crippen LogP contribution is -2.13. The summed E-state index contributed by atoms with van der Waals surface area (Å²) in [6.45, 7) is 1.93. The molecule has 0 aliphatic carbocycles. The first-order valence-corrected chi connectivity index (χ1v) is 3.73. The lowest BCUT2D eigenvalue weighted by Gasteiger charge is -2.02. The zero-order chi connectivity index (χ0) is 8.27. The summed E-state index contributed by atoms with van der Waals surface area (Å²) in [6.07, 6.45) is 0.859. The third-order valence-corrected chi connectivity index (χ3v) is 1.59. The first-order valence-electron chi connectivity index (χ1n) is 3.73. The van der Waals surface area contributed by atoms with Gasteiger partial charge in [-0.1, -0.05) is 6.92 Å². The van der Waals surface area contributed by atoms with E-state index in [0.717, 1.165) is 12.2 Å². The third kappa shape index (κ3) is 2.52. The molecule has 0 aliphatic rings. The Hall–Kier alpha value is -0.510. The van der Waals surface area contributed by atoms with Crippen LogP contribution < -0.4 is 5.73 Å². The molecule has 4 heteroatoms. The maximum Gasteiger partial charge on any atom is 0.123 e. The molecule has 1 rings (SSSR count). The maximum atomic E-state index is 8.69. The van der Waals surface area contributed by atoms with Crippen LogP contribution in [-0.2, 0) is 6.42 Å². The van der Waals surface area contributed by atoms with Crippen molar-refractivity contribution in [3.63, 3.8) is 0 Å². The number of aliphatic hydroxyl groups excluding tert-OH is 1. The second-order valence-electron chi connectivity index (χ2n) is 2.45. The molecular weight excluding hydrogens is 178 g/mol. The average molecular weight is 192 g/mol. The van der Waals surface area contributed by atoms with Crippen LogP contribution in [0.25, 0.3) is 0 Å². The largest absolute Gasteiger partial charge is 0.464 e. The van der Waals surface area contributed by atoms with Gasteiger partial charge in [-0.2, -0.15) is 0 Å². The standard InChI is InChI=1S/C8H13NO2.ClH/c1-2-6-3-4-8(11-6)7(9)5-10;/h3-4,7,10H,2,5,9H2,1H3;1H/t7-;/m0./s1. The van der Waals surface area contributed by atoms with Gasteiger partial charge in [0.25, 0.3) is 0 Å². The van der Waals surface area contributed by atoms with Crippen molar-refractivity contribution < 1.29 is 9.52 Å². The second kappa shape index (κ2) is 5.19. The highest BCUT2D eigenvalue weighted by molar-refractivity contribution is 5.85. The molecule has 0 aliphatic heterocycles. The predicted molar refractivity (Wildman–Crippen MR) is 49.3 cm³/mol. The van der Waals surface area contributed by atoms with Gasteiger partial charge in [0.05, 0.1) is 12.6 Å². The summed E-state index contributed by atoms with van der Waals surface area (Å²) in [5.41, 5.74) is 5.52. The Kier molecular flexibility index (Phi) is 4.97. The Balaban J connectivity index is 0.00000121. The summed E-state index contributed by atoms with van der Waals surface area (Å²) in [6, 6.07) is 3.31. The van der Waals surface area contributed by atoms with Gasteiger partial charge in [-0.3, -0.25) is 0 Å². The fourth-order valence-electron chi connectivity index (χ4n) is 0.874. The summed E-state index contributed by atoms with van der Waals surface area (Å²) in [4.78, 5) is 0. The highest BCUT2D eigenvalue weighted by Gasteiger charge is 2.08. The SMILES string of the molecule is CCc1ccc([C@@H](N)CO)o1.Cl. The molecule has 0 saturated heterocycles. The summed E-state index contributed by atoms with van der Waals surface area (Å²) < 4.78 is 5.30. The molecular formula is C8H14ClNO2. The van der Waals surface area contributed by atoms with Crippen LogP contribution in [0.3, 0.4) is 0 Å². The van der Waals surface area contributed by atoms with Gasteiger partial charge < -0.3 is 15.3 Å². The first kappa shape index (κ1) is 11.5. The molecule has 0 aromatic carbocycles. The second-order valence-corrected chi connectivity index (χ2v) is 2.45. The minimum Gasteiger partial charge on any atom is -0.464 e. The molecule has 0 fully saturated rings. The van der Waals surface area contributed by atoms with Crippen molar-refractivity contribution in [2.75, 3.05) is 6.61 Å². The number of aryl methyl sites for hydroxylation is 1. The van der Waals surface area contributed by atoms with E-state index in [2.05, 4.69) is 0 Å². The monoisotopic (exact) mass is 191 g/mol. The van der Waals surface area contributed by atoms with Crippen LogP contribution in [0.1, 0.15) is 24.5 Å². The van der Waals surface area contributed by atoms with E-state index in [4.69, 9.17) is 15.3 Å². The van der Waals surface area contributed by atoms with E-state index in [0.29, 0.717) is 5.76 Å². The summed E-state index contributed by atoms with van der Waals surface area (Å²) in [5, 5.41) is 8.69. The van der Waals surface area contributed by atoms with Crippen molar-refractivity contribution in [1.82, 2.24) is 0 Å². The molecule has 0 amide bonds. The van der Waals surface area contributed by atoms with Crippen LogP contribution in [0.15, 0.2) is 16.5 Å². The summed E-state index contributed by atoms with van der Waals surface area (Å²) in [5.74, 6) is 1.56. The van der Waals surface area contributed by atoms with Crippen LogP contribution in [0.2, 0.25) is 0 Å². The van der Waals surface area contributed by atoms with Gasteiger partial charge in [0.15, 0.2) is 0 Å². The molecule has 1 aromatic heterocycles. The highest BCUT2D eigenvalue weighted by atomic mass is 35.5. The smallest absolute Gasteiger partial charge is 0.123 e. The number of halogens is 1. The van der Waals surface area contributed by atoms with Crippen LogP contribution >= 0.6 is 12.4 Å². The molecule has 0 radical (unpaired) electrons. The highest BCUT2D eigenvalue weighted by Crippen LogP contribution is 2.14. The lowest BCUT2D eigenvalue weighted by atomic mass is 10.2. The van der Waals surface area contributed by atoms with Gasteiger partial charge in [-0.15, -0.1) is 12.4 Å². The number of hydrogen-bond donors (Lipinski definition) is 2. The van der Waals surface area contributed by atoms with Gasteiger partial charge in [0.1, 0.15) is 11.5 Å². The Morgan fingerprint density at radius 1 is 1.58 bits per heavy atom. The fourth-order valence-corrected chi connectivity index (χ4v) is 0.874. The van der Waals surface area contributed by atoms with Crippen LogP contribution in [0.5, 0.6) is 0 Å². The molecule has 1 atom stereocenters. The van der Waals surface area contributed by atoms with Crippen LogP contribution in [-0.4, -0.2) is 11.7 Å². The molecule has 1 heterocycles. The van der Waals surface area contributed by atoms with Crippen molar-refractivity contribution in [3.8, 4) is 0 Å². The number of hydrogen-bond acceptors (Lipinski definition) is 3. The van der Waals surface area contributed by atoms with E-state index < -0.39 is 0 Å². The third-order valence-electron chi connectivity index (χ3n) is 1.59. The van der Waals surface area contributed by atoms with Crippen molar-refractivity contribution >= 4 is 12.4 Å². The van der Waals surface area contributed by atoms with E-state index >= 15 is 0 Å². The molecule has 0 bridgehead atoms. The topological polar surface area (TPSA) is 59.4 Å². The molecule has 3 nitrogen and oxygen atoms in total.